The van der Waals surface area contributed by atoms with Crippen LogP contribution in [0.2, 0.25) is 0 Å². The van der Waals surface area contributed by atoms with Gasteiger partial charge in [0.1, 0.15) is 17.2 Å². The lowest BCUT2D eigenvalue weighted by atomic mass is 9.90. The molecule has 1 saturated heterocycles. The van der Waals surface area contributed by atoms with Crippen molar-refractivity contribution in [2.24, 2.45) is 0 Å². The number of nitrogens with one attached hydrogen (secondary N) is 1. The fraction of sp³-hybridized carbons (Fsp3) is 0.462. The number of amides is 1. The van der Waals surface area contributed by atoms with Gasteiger partial charge in [-0.1, -0.05) is 0 Å². The summed E-state index contributed by atoms with van der Waals surface area (Å²) in [6.07, 6.45) is 1.82. The van der Waals surface area contributed by atoms with Crippen LogP contribution in [-0.4, -0.2) is 79.1 Å². The summed E-state index contributed by atoms with van der Waals surface area (Å²) in [6.45, 7) is 1.62. The highest BCUT2D eigenvalue weighted by Crippen LogP contribution is 2.39. The summed E-state index contributed by atoms with van der Waals surface area (Å²) in [5.41, 5.74) is -0.619. The maximum absolute atomic E-state index is 13.6. The van der Waals surface area contributed by atoms with Gasteiger partial charge in [0.2, 0.25) is 5.95 Å². The molecule has 0 bridgehead atoms. The van der Waals surface area contributed by atoms with Crippen molar-refractivity contribution in [3.63, 3.8) is 0 Å². The molecule has 15 heteroatoms. The maximum atomic E-state index is 13.6. The van der Waals surface area contributed by atoms with E-state index < -0.39 is 23.4 Å². The van der Waals surface area contributed by atoms with Crippen LogP contribution in [0, 0.1) is 0 Å². The van der Waals surface area contributed by atoms with Crippen molar-refractivity contribution < 1.29 is 32.9 Å². The monoisotopic (exact) mass is 574 g/mol. The summed E-state index contributed by atoms with van der Waals surface area (Å²) in [7, 11) is 1.47. The Morgan fingerprint density at radius 1 is 1.05 bits per heavy atom. The molecular weight excluding hydrogens is 545 g/mol. The number of nitrogens with zero attached hydrogens (tertiary/aromatic N) is 7. The van der Waals surface area contributed by atoms with Gasteiger partial charge in [0.15, 0.2) is 0 Å². The second-order valence-electron chi connectivity index (χ2n) is 10.4. The molecule has 4 heterocycles. The fourth-order valence-electron chi connectivity index (χ4n) is 5.18. The molecule has 3 N–H and O–H groups in total. The molecule has 0 unspecified atom stereocenters. The molecule has 0 spiro atoms. The number of anilines is 3. The minimum Gasteiger partial charge on any atom is -0.467 e. The van der Waals surface area contributed by atoms with Crippen molar-refractivity contribution in [1.29, 1.82) is 0 Å². The SMILES string of the molecule is COc1ncc(-c2ccc(N(C(=O)O)[C@H]3CC[C@H](Nc4ncc(C(F)(F)F)c(N5CC(C)(O)C5)n4)CC3)nc2)cn1. The van der Waals surface area contributed by atoms with Gasteiger partial charge in [0.25, 0.3) is 0 Å². The molecule has 0 radical (unpaired) electrons. The van der Waals surface area contributed by atoms with Gasteiger partial charge in [-0.25, -0.2) is 24.7 Å². The molecule has 41 heavy (non-hydrogen) atoms. The lowest BCUT2D eigenvalue weighted by Crippen LogP contribution is -2.60. The minimum absolute atomic E-state index is 0.0333. The van der Waals surface area contributed by atoms with Crippen molar-refractivity contribution in [2.45, 2.75) is 56.5 Å². The average molecular weight is 575 g/mol. The Kier molecular flexibility index (Phi) is 7.55. The fourth-order valence-corrected chi connectivity index (χ4v) is 5.18. The summed E-state index contributed by atoms with van der Waals surface area (Å²) >= 11 is 0. The summed E-state index contributed by atoms with van der Waals surface area (Å²) in [5, 5.41) is 23.1. The van der Waals surface area contributed by atoms with E-state index in [2.05, 4.69) is 30.2 Å². The molecule has 1 amide bonds. The van der Waals surface area contributed by atoms with Crippen LogP contribution in [0.1, 0.15) is 38.2 Å². The highest BCUT2D eigenvalue weighted by Gasteiger charge is 2.43. The molecule has 2 fully saturated rings. The van der Waals surface area contributed by atoms with Crippen LogP contribution in [0.3, 0.4) is 0 Å². The van der Waals surface area contributed by atoms with Crippen LogP contribution in [0.4, 0.5) is 35.5 Å². The van der Waals surface area contributed by atoms with Crippen LogP contribution in [0.15, 0.2) is 36.9 Å². The van der Waals surface area contributed by atoms with Gasteiger partial charge in [-0.3, -0.25) is 4.90 Å². The maximum Gasteiger partial charge on any atom is 0.421 e. The Bertz CT molecular complexity index is 1370. The molecule has 0 aromatic carbocycles. The number of methoxy groups -OCH3 is 1. The van der Waals surface area contributed by atoms with Crippen molar-refractivity contribution in [1.82, 2.24) is 24.9 Å². The predicted octanol–water partition coefficient (Wildman–Crippen LogP) is 3.83. The Morgan fingerprint density at radius 2 is 1.71 bits per heavy atom. The number of aromatic nitrogens is 5. The molecule has 12 nitrogen and oxygen atoms in total. The number of rotatable bonds is 7. The Balaban J connectivity index is 1.24. The van der Waals surface area contributed by atoms with Gasteiger partial charge in [-0.2, -0.15) is 18.2 Å². The molecule has 218 valence electrons. The third-order valence-corrected chi connectivity index (χ3v) is 7.18. The molecule has 1 saturated carbocycles. The second kappa shape index (κ2) is 11.0. The number of hydrogen-bond donors (Lipinski definition) is 3. The highest BCUT2D eigenvalue weighted by molar-refractivity contribution is 5.85. The van der Waals surface area contributed by atoms with Crippen LogP contribution in [0.25, 0.3) is 11.1 Å². The van der Waals surface area contributed by atoms with E-state index in [0.717, 1.165) is 6.20 Å². The first-order valence-corrected chi connectivity index (χ1v) is 13.0. The zero-order chi connectivity index (χ0) is 29.4. The number of alkyl halides is 3. The topological polar surface area (TPSA) is 150 Å². The number of halogens is 3. The van der Waals surface area contributed by atoms with Gasteiger partial charge in [0, 0.05) is 61.1 Å². The van der Waals surface area contributed by atoms with Gasteiger partial charge >= 0.3 is 18.3 Å². The van der Waals surface area contributed by atoms with Gasteiger partial charge in [0.05, 0.1) is 12.7 Å². The summed E-state index contributed by atoms with van der Waals surface area (Å²) < 4.78 is 45.6. The quantitative estimate of drug-likeness (QED) is 0.378. The van der Waals surface area contributed by atoms with Crippen LogP contribution in [0.5, 0.6) is 6.01 Å². The third kappa shape index (κ3) is 6.24. The van der Waals surface area contributed by atoms with Crippen molar-refractivity contribution >= 4 is 23.7 Å². The van der Waals surface area contributed by atoms with Gasteiger partial charge in [-0.05, 0) is 44.7 Å². The number of carboxylic acid groups (broad SMARTS) is 1. The molecule has 1 aliphatic heterocycles. The number of pyridine rings is 1. The molecule has 2 aliphatic rings. The Hall–Kier alpha value is -4.27. The zero-order valence-corrected chi connectivity index (χ0v) is 22.3. The van der Waals surface area contributed by atoms with E-state index in [1.165, 1.54) is 16.9 Å². The molecule has 3 aromatic rings. The molecule has 0 atom stereocenters. The van der Waals surface area contributed by atoms with Gasteiger partial charge < -0.3 is 25.2 Å². The smallest absolute Gasteiger partial charge is 0.421 e. The van der Waals surface area contributed by atoms with E-state index >= 15 is 0 Å². The Morgan fingerprint density at radius 3 is 2.24 bits per heavy atom. The number of aliphatic hydroxyl groups is 1. The highest BCUT2D eigenvalue weighted by atomic mass is 19.4. The van der Waals surface area contributed by atoms with Crippen molar-refractivity contribution in [2.75, 3.05) is 35.3 Å². The average Bonchev–Trinajstić information content (AvgIpc) is 2.92. The minimum atomic E-state index is -4.64. The number of β-amino-alcohol motifs (C(OH)–C–C–N with tert-alkyl or cyclic N) is 1. The Labute approximate surface area is 233 Å². The second-order valence-corrected chi connectivity index (χ2v) is 10.4. The van der Waals surface area contributed by atoms with Crippen LogP contribution in [-0.2, 0) is 6.18 Å². The molecule has 5 rings (SSSR count). The van der Waals surface area contributed by atoms with Crippen molar-refractivity contribution in [3.05, 3.63) is 42.5 Å². The van der Waals surface area contributed by atoms with E-state index in [-0.39, 0.29) is 48.8 Å². The van der Waals surface area contributed by atoms with Crippen molar-refractivity contribution in [3.8, 4) is 17.1 Å². The molecular formula is C26H29F3N8O4. The zero-order valence-electron chi connectivity index (χ0n) is 22.3. The van der Waals surface area contributed by atoms with E-state index in [0.29, 0.717) is 36.8 Å². The number of carbonyl (C=O) groups is 1. The normalized spacial score (nSPS) is 20.2. The van der Waals surface area contributed by atoms with E-state index in [1.807, 2.05) is 0 Å². The summed E-state index contributed by atoms with van der Waals surface area (Å²) in [4.78, 5) is 35.3. The standard InChI is InChI=1S/C26H29F3N8O4/c1-25(40)13-36(14-25)21-19(26(27,28)29)12-31-22(35-21)34-17-4-6-18(7-5-17)37(24(38)39)20-8-3-15(9-30-20)16-10-32-23(41-2)33-11-16/h3,8-12,17-18,40H,4-7,13-14H2,1-2H3,(H,38,39)(H,31,34,35)/t17-,18-. The van der Waals surface area contributed by atoms with Gasteiger partial charge in [-0.15, -0.1) is 0 Å². The first-order chi connectivity index (χ1) is 19.4. The first kappa shape index (κ1) is 28.3. The lowest BCUT2D eigenvalue weighted by molar-refractivity contribution is -0.137. The largest absolute Gasteiger partial charge is 0.467 e. The lowest BCUT2D eigenvalue weighted by Gasteiger charge is -2.45. The van der Waals surface area contributed by atoms with Crippen LogP contribution >= 0.6 is 0 Å². The molecule has 1 aliphatic carbocycles. The third-order valence-electron chi connectivity index (χ3n) is 7.18. The van der Waals surface area contributed by atoms with Crippen LogP contribution < -0.4 is 19.9 Å². The first-order valence-electron chi connectivity index (χ1n) is 13.0. The number of hydrogen-bond acceptors (Lipinski definition) is 10. The van der Waals surface area contributed by atoms with E-state index in [9.17, 15) is 28.2 Å². The summed E-state index contributed by atoms with van der Waals surface area (Å²) in [5.74, 6) is 0.0640. The molecule has 3 aromatic heterocycles. The number of ether oxygens (including phenoxy) is 1. The summed E-state index contributed by atoms with van der Waals surface area (Å²) in [6, 6.07) is 3.12. The predicted molar refractivity (Wildman–Crippen MR) is 142 cm³/mol. The van der Waals surface area contributed by atoms with E-state index in [1.54, 1.807) is 37.6 Å². The van der Waals surface area contributed by atoms with E-state index in [4.69, 9.17) is 4.74 Å².